The van der Waals surface area contributed by atoms with Gasteiger partial charge in [-0.05, 0) is 17.5 Å². The minimum Gasteiger partial charge on any atom is -0.469 e. The van der Waals surface area contributed by atoms with Gasteiger partial charge in [0.15, 0.2) is 0 Å². The van der Waals surface area contributed by atoms with Gasteiger partial charge in [-0.2, -0.15) is 0 Å². The van der Waals surface area contributed by atoms with E-state index in [1.165, 1.54) is 7.11 Å². The van der Waals surface area contributed by atoms with Gasteiger partial charge >= 0.3 is 5.97 Å². The fourth-order valence-electron chi connectivity index (χ4n) is 2.23. The number of hydrogen-bond acceptors (Lipinski definition) is 3. The van der Waals surface area contributed by atoms with Crippen LogP contribution in [0.1, 0.15) is 17.2 Å². The zero-order chi connectivity index (χ0) is 14.4. The topological polar surface area (TPSA) is 46.5 Å². The van der Waals surface area contributed by atoms with Crippen molar-refractivity contribution < 1.29 is 14.6 Å². The van der Waals surface area contributed by atoms with Crippen LogP contribution in [0.2, 0.25) is 0 Å². The number of benzene rings is 2. The van der Waals surface area contributed by atoms with Crippen LogP contribution in [0.5, 0.6) is 0 Å². The van der Waals surface area contributed by atoms with Crippen LogP contribution in [-0.2, 0) is 16.0 Å². The second kappa shape index (κ2) is 6.87. The van der Waals surface area contributed by atoms with Crippen LogP contribution in [0.4, 0.5) is 0 Å². The number of methoxy groups -OCH3 is 1. The molecule has 104 valence electrons. The fraction of sp³-hybridized carbons (Fsp3) is 0.235. The summed E-state index contributed by atoms with van der Waals surface area (Å²) >= 11 is 0. The Bertz CT molecular complexity index is 537. The van der Waals surface area contributed by atoms with E-state index in [9.17, 15) is 9.90 Å². The molecule has 1 N–H and O–H groups in total. The van der Waals surface area contributed by atoms with Crippen molar-refractivity contribution in [2.75, 3.05) is 7.11 Å². The van der Waals surface area contributed by atoms with Gasteiger partial charge in [-0.1, -0.05) is 60.7 Å². The zero-order valence-corrected chi connectivity index (χ0v) is 11.4. The molecule has 0 amide bonds. The summed E-state index contributed by atoms with van der Waals surface area (Å²) in [6.07, 6.45) is -0.423. The van der Waals surface area contributed by atoms with Crippen molar-refractivity contribution in [2.45, 2.75) is 12.5 Å². The quantitative estimate of drug-likeness (QED) is 0.850. The summed E-state index contributed by atoms with van der Waals surface area (Å²) in [6, 6.07) is 18.8. The lowest BCUT2D eigenvalue weighted by atomic mass is 9.90. The van der Waals surface area contributed by atoms with Crippen LogP contribution in [-0.4, -0.2) is 18.2 Å². The van der Waals surface area contributed by atoms with E-state index in [2.05, 4.69) is 0 Å². The summed E-state index contributed by atoms with van der Waals surface area (Å²) in [6.45, 7) is 0. The van der Waals surface area contributed by atoms with E-state index in [4.69, 9.17) is 4.74 Å². The van der Waals surface area contributed by atoms with Crippen molar-refractivity contribution in [3.8, 4) is 0 Å². The van der Waals surface area contributed by atoms with E-state index in [1.54, 1.807) is 0 Å². The minimum absolute atomic E-state index is 0.398. The Morgan fingerprint density at radius 2 is 1.60 bits per heavy atom. The van der Waals surface area contributed by atoms with E-state index in [-0.39, 0.29) is 0 Å². The second-order valence-electron chi connectivity index (χ2n) is 4.67. The molecule has 0 radical (unpaired) electrons. The monoisotopic (exact) mass is 270 g/mol. The first-order chi connectivity index (χ1) is 9.72. The molecular formula is C17H18O3. The minimum atomic E-state index is -0.871. The molecule has 0 aliphatic rings. The predicted octanol–water partition coefficient (Wildman–Crippen LogP) is 2.75. The third-order valence-electron chi connectivity index (χ3n) is 3.32. The summed E-state index contributed by atoms with van der Waals surface area (Å²) in [4.78, 5) is 11.9. The number of carbonyl (C=O) groups excluding carboxylic acids is 1. The maximum Gasteiger partial charge on any atom is 0.311 e. The van der Waals surface area contributed by atoms with Gasteiger partial charge in [0.25, 0.3) is 0 Å². The Labute approximate surface area is 118 Å². The Morgan fingerprint density at radius 3 is 2.15 bits per heavy atom. The largest absolute Gasteiger partial charge is 0.469 e. The lowest BCUT2D eigenvalue weighted by Crippen LogP contribution is -2.25. The lowest BCUT2D eigenvalue weighted by Gasteiger charge is -2.21. The first kappa shape index (κ1) is 14.3. The van der Waals surface area contributed by atoms with Crippen molar-refractivity contribution in [3.63, 3.8) is 0 Å². The number of carbonyl (C=O) groups is 1. The molecule has 20 heavy (non-hydrogen) atoms. The number of rotatable bonds is 5. The maximum absolute atomic E-state index is 11.9. The number of aliphatic hydroxyl groups is 1. The van der Waals surface area contributed by atoms with Crippen LogP contribution in [0.25, 0.3) is 0 Å². The Kier molecular flexibility index (Phi) is 4.91. The molecule has 3 heteroatoms. The van der Waals surface area contributed by atoms with E-state index >= 15 is 0 Å². The van der Waals surface area contributed by atoms with Gasteiger partial charge in [-0.25, -0.2) is 0 Å². The average molecular weight is 270 g/mol. The summed E-state index contributed by atoms with van der Waals surface area (Å²) < 4.78 is 4.83. The molecule has 3 nitrogen and oxygen atoms in total. The molecule has 0 fully saturated rings. The predicted molar refractivity (Wildman–Crippen MR) is 77.1 cm³/mol. The van der Waals surface area contributed by atoms with Gasteiger partial charge in [0.1, 0.15) is 0 Å². The Balaban J connectivity index is 2.22. The third-order valence-corrected chi connectivity index (χ3v) is 3.32. The van der Waals surface area contributed by atoms with Crippen LogP contribution >= 0.6 is 0 Å². The highest BCUT2D eigenvalue weighted by molar-refractivity contribution is 5.73. The zero-order valence-electron chi connectivity index (χ0n) is 11.4. The summed E-state index contributed by atoms with van der Waals surface area (Å²) in [5.41, 5.74) is 1.72. The SMILES string of the molecule is COC(=O)C(Cc1ccccc1)C(O)c1ccccc1. The number of ether oxygens (including phenoxy) is 1. The van der Waals surface area contributed by atoms with Gasteiger partial charge in [0.2, 0.25) is 0 Å². The van der Waals surface area contributed by atoms with Crippen molar-refractivity contribution in [3.05, 3.63) is 71.8 Å². The van der Waals surface area contributed by atoms with Crippen LogP contribution in [0, 0.1) is 5.92 Å². The molecule has 0 spiro atoms. The van der Waals surface area contributed by atoms with Crippen LogP contribution in [0.15, 0.2) is 60.7 Å². The summed E-state index contributed by atoms with van der Waals surface area (Å²) in [7, 11) is 1.35. The second-order valence-corrected chi connectivity index (χ2v) is 4.67. The summed E-state index contributed by atoms with van der Waals surface area (Å²) in [5, 5.41) is 10.4. The molecule has 0 aromatic heterocycles. The van der Waals surface area contributed by atoms with Crippen LogP contribution in [0.3, 0.4) is 0 Å². The molecule has 0 bridgehead atoms. The molecule has 2 unspecified atom stereocenters. The Hall–Kier alpha value is -2.13. The molecule has 2 rings (SSSR count). The summed E-state index contributed by atoms with van der Waals surface area (Å²) in [5.74, 6) is -1.00. The van der Waals surface area contributed by atoms with Gasteiger partial charge in [0, 0.05) is 0 Å². The van der Waals surface area contributed by atoms with E-state index in [0.29, 0.717) is 6.42 Å². The van der Waals surface area contributed by atoms with Crippen molar-refractivity contribution >= 4 is 5.97 Å². The normalized spacial score (nSPS) is 13.5. The average Bonchev–Trinajstić information content (AvgIpc) is 2.53. The van der Waals surface area contributed by atoms with E-state index < -0.39 is 18.0 Å². The molecule has 2 aromatic carbocycles. The highest BCUT2D eigenvalue weighted by Gasteiger charge is 2.29. The fourth-order valence-corrected chi connectivity index (χ4v) is 2.23. The standard InChI is InChI=1S/C17H18O3/c1-20-17(19)15(12-13-8-4-2-5-9-13)16(18)14-10-6-3-7-11-14/h2-11,15-16,18H,12H2,1H3. The number of hydrogen-bond donors (Lipinski definition) is 1. The third kappa shape index (κ3) is 3.45. The molecular weight excluding hydrogens is 252 g/mol. The molecule has 0 aliphatic heterocycles. The van der Waals surface area contributed by atoms with Gasteiger partial charge < -0.3 is 9.84 Å². The molecule has 2 aromatic rings. The van der Waals surface area contributed by atoms with Crippen molar-refractivity contribution in [1.82, 2.24) is 0 Å². The van der Waals surface area contributed by atoms with Crippen LogP contribution < -0.4 is 0 Å². The highest BCUT2D eigenvalue weighted by atomic mass is 16.5. The molecule has 0 heterocycles. The van der Waals surface area contributed by atoms with Crippen molar-refractivity contribution in [1.29, 1.82) is 0 Å². The molecule has 2 atom stereocenters. The van der Waals surface area contributed by atoms with E-state index in [1.807, 2.05) is 60.7 Å². The first-order valence-electron chi connectivity index (χ1n) is 6.57. The molecule has 0 aliphatic carbocycles. The van der Waals surface area contributed by atoms with Gasteiger partial charge in [0.05, 0.1) is 19.1 Å². The van der Waals surface area contributed by atoms with Crippen molar-refractivity contribution in [2.24, 2.45) is 5.92 Å². The smallest absolute Gasteiger partial charge is 0.311 e. The highest BCUT2D eigenvalue weighted by Crippen LogP contribution is 2.26. The van der Waals surface area contributed by atoms with Gasteiger partial charge in [-0.3, -0.25) is 4.79 Å². The Morgan fingerprint density at radius 1 is 1.05 bits per heavy atom. The number of aliphatic hydroxyl groups excluding tert-OH is 1. The molecule has 0 saturated carbocycles. The molecule has 0 saturated heterocycles. The lowest BCUT2D eigenvalue weighted by molar-refractivity contribution is -0.149. The number of esters is 1. The maximum atomic E-state index is 11.9. The first-order valence-corrected chi connectivity index (χ1v) is 6.57. The van der Waals surface area contributed by atoms with Gasteiger partial charge in [-0.15, -0.1) is 0 Å². The van der Waals surface area contributed by atoms with E-state index in [0.717, 1.165) is 11.1 Å².